The minimum Gasteiger partial charge on any atom is -0.465 e. The van der Waals surface area contributed by atoms with Gasteiger partial charge in [-0.3, -0.25) is 0 Å². The number of nitrogens with zero attached hydrogens (tertiary/aromatic N) is 1. The molecule has 1 atom stereocenters. The largest absolute Gasteiger partial charge is 0.465 e. The van der Waals surface area contributed by atoms with E-state index in [1.807, 2.05) is 18.7 Å². The van der Waals surface area contributed by atoms with Crippen molar-refractivity contribution in [2.24, 2.45) is 4.99 Å². The summed E-state index contributed by atoms with van der Waals surface area (Å²) in [6.07, 6.45) is 2.56. The van der Waals surface area contributed by atoms with Crippen LogP contribution in [-0.4, -0.2) is 43.1 Å². The molecule has 2 rings (SSSR count). The number of aryl methyl sites for hydroxylation is 1. The van der Waals surface area contributed by atoms with E-state index < -0.39 is 0 Å². The summed E-state index contributed by atoms with van der Waals surface area (Å²) in [6, 6.07) is 1.70. The number of hydrogen-bond donors (Lipinski definition) is 2. The molecule has 1 fully saturated rings. The molecule has 2 heterocycles. The first-order chi connectivity index (χ1) is 11.1. The van der Waals surface area contributed by atoms with Gasteiger partial charge >= 0.3 is 5.97 Å². The number of nitrogens with one attached hydrogen (secondary N) is 2. The van der Waals surface area contributed by atoms with Gasteiger partial charge in [-0.05, 0) is 38.5 Å². The Labute approximate surface area is 141 Å². The Kier molecular flexibility index (Phi) is 6.83. The molecular weight excluding hydrogens is 314 g/mol. The van der Waals surface area contributed by atoms with Crippen LogP contribution in [0.3, 0.4) is 0 Å². The Balaban J connectivity index is 1.94. The third-order valence-corrected chi connectivity index (χ3v) is 5.03. The zero-order valence-corrected chi connectivity index (χ0v) is 14.8. The fourth-order valence-corrected chi connectivity index (χ4v) is 3.65. The van der Waals surface area contributed by atoms with E-state index in [4.69, 9.17) is 9.15 Å². The Morgan fingerprint density at radius 3 is 3.00 bits per heavy atom. The average molecular weight is 339 g/mol. The Hall–Kier alpha value is -1.63. The van der Waals surface area contributed by atoms with Crippen LogP contribution in [0.2, 0.25) is 0 Å². The van der Waals surface area contributed by atoms with Gasteiger partial charge in [0.15, 0.2) is 5.96 Å². The number of furan rings is 1. The van der Waals surface area contributed by atoms with Crippen molar-refractivity contribution in [3.05, 3.63) is 23.2 Å². The van der Waals surface area contributed by atoms with Crippen molar-refractivity contribution in [2.75, 3.05) is 26.0 Å². The molecule has 0 aromatic carbocycles. The summed E-state index contributed by atoms with van der Waals surface area (Å²) in [7, 11) is 1.36. The van der Waals surface area contributed by atoms with Crippen LogP contribution in [-0.2, 0) is 11.3 Å². The van der Waals surface area contributed by atoms with Crippen molar-refractivity contribution >= 4 is 23.7 Å². The molecular formula is C16H25N3O3S. The molecule has 1 aliphatic heterocycles. The SMILES string of the molecule is CCNC(=NCc1cc(C(=O)OC)c(C)o1)NCC1CCCS1. The second-order valence-electron chi connectivity index (χ2n) is 5.39. The van der Waals surface area contributed by atoms with Crippen molar-refractivity contribution < 1.29 is 13.9 Å². The van der Waals surface area contributed by atoms with E-state index in [0.717, 1.165) is 19.0 Å². The lowest BCUT2D eigenvalue weighted by molar-refractivity contribution is 0.0599. The van der Waals surface area contributed by atoms with Crippen molar-refractivity contribution in [3.8, 4) is 0 Å². The third kappa shape index (κ3) is 5.20. The second kappa shape index (κ2) is 8.86. The molecule has 1 saturated heterocycles. The summed E-state index contributed by atoms with van der Waals surface area (Å²) >= 11 is 2.01. The topological polar surface area (TPSA) is 75.9 Å². The van der Waals surface area contributed by atoms with Gasteiger partial charge in [-0.1, -0.05) is 0 Å². The predicted octanol–water partition coefficient (Wildman–Crippen LogP) is 2.33. The van der Waals surface area contributed by atoms with Crippen LogP contribution in [0, 0.1) is 6.92 Å². The first-order valence-electron chi connectivity index (χ1n) is 7.95. The maximum Gasteiger partial charge on any atom is 0.341 e. The van der Waals surface area contributed by atoms with Crippen LogP contribution in [0.4, 0.5) is 0 Å². The number of hydrogen-bond acceptors (Lipinski definition) is 5. The highest BCUT2D eigenvalue weighted by molar-refractivity contribution is 8.00. The number of thioether (sulfide) groups is 1. The quantitative estimate of drug-likeness (QED) is 0.471. The lowest BCUT2D eigenvalue weighted by Crippen LogP contribution is -2.40. The van der Waals surface area contributed by atoms with Gasteiger partial charge in [-0.15, -0.1) is 0 Å². The van der Waals surface area contributed by atoms with Crippen molar-refractivity contribution in [2.45, 2.75) is 38.5 Å². The van der Waals surface area contributed by atoms with Gasteiger partial charge in [0.25, 0.3) is 0 Å². The normalized spacial score (nSPS) is 18.0. The molecule has 2 N–H and O–H groups in total. The van der Waals surface area contributed by atoms with Gasteiger partial charge in [-0.25, -0.2) is 9.79 Å². The number of aliphatic imine (C=N–C) groups is 1. The molecule has 1 unspecified atom stereocenters. The van der Waals surface area contributed by atoms with Crippen LogP contribution in [0.25, 0.3) is 0 Å². The minimum atomic E-state index is -0.384. The van der Waals surface area contributed by atoms with E-state index in [2.05, 4.69) is 15.6 Å². The zero-order chi connectivity index (χ0) is 16.7. The summed E-state index contributed by atoms with van der Waals surface area (Å²) in [6.45, 7) is 5.88. The highest BCUT2D eigenvalue weighted by Crippen LogP contribution is 2.25. The van der Waals surface area contributed by atoms with Gasteiger partial charge in [0.2, 0.25) is 0 Å². The van der Waals surface area contributed by atoms with E-state index in [1.54, 1.807) is 13.0 Å². The highest BCUT2D eigenvalue weighted by Gasteiger charge is 2.16. The van der Waals surface area contributed by atoms with Gasteiger partial charge in [0.1, 0.15) is 23.6 Å². The summed E-state index contributed by atoms with van der Waals surface area (Å²) in [5, 5.41) is 7.26. The molecule has 0 amide bonds. The third-order valence-electron chi connectivity index (χ3n) is 3.63. The van der Waals surface area contributed by atoms with E-state index >= 15 is 0 Å². The molecule has 1 aromatic heterocycles. The minimum absolute atomic E-state index is 0.380. The molecule has 1 aromatic rings. The summed E-state index contributed by atoms with van der Waals surface area (Å²) in [5.41, 5.74) is 0.456. The van der Waals surface area contributed by atoms with Gasteiger partial charge < -0.3 is 19.8 Å². The molecule has 128 valence electrons. The van der Waals surface area contributed by atoms with Crippen LogP contribution < -0.4 is 10.6 Å². The van der Waals surface area contributed by atoms with E-state index in [0.29, 0.717) is 28.9 Å². The zero-order valence-electron chi connectivity index (χ0n) is 14.0. The number of esters is 1. The van der Waals surface area contributed by atoms with Gasteiger partial charge in [0.05, 0.1) is 7.11 Å². The van der Waals surface area contributed by atoms with Crippen LogP contribution in [0.15, 0.2) is 15.5 Å². The maximum atomic E-state index is 11.6. The molecule has 7 heteroatoms. The highest BCUT2D eigenvalue weighted by atomic mass is 32.2. The smallest absolute Gasteiger partial charge is 0.341 e. The first-order valence-corrected chi connectivity index (χ1v) is 9.00. The Morgan fingerprint density at radius 2 is 2.35 bits per heavy atom. The number of guanidine groups is 1. The molecule has 0 bridgehead atoms. The van der Waals surface area contributed by atoms with Crippen LogP contribution in [0.1, 0.15) is 41.6 Å². The average Bonchev–Trinajstić information content (AvgIpc) is 3.19. The number of methoxy groups -OCH3 is 1. The molecule has 6 nitrogen and oxygen atoms in total. The molecule has 0 aliphatic carbocycles. The number of ether oxygens (including phenoxy) is 1. The number of carbonyl (C=O) groups is 1. The summed E-state index contributed by atoms with van der Waals surface area (Å²) in [4.78, 5) is 16.1. The Bertz CT molecular complexity index is 551. The molecule has 0 radical (unpaired) electrons. The van der Waals surface area contributed by atoms with Crippen LogP contribution in [0.5, 0.6) is 0 Å². The maximum absolute atomic E-state index is 11.6. The summed E-state index contributed by atoms with van der Waals surface area (Å²) < 4.78 is 10.3. The van der Waals surface area contributed by atoms with Gasteiger partial charge in [-0.2, -0.15) is 11.8 Å². The number of carbonyl (C=O) groups excluding carboxylic acids is 1. The fourth-order valence-electron chi connectivity index (χ4n) is 2.45. The van der Waals surface area contributed by atoms with Crippen molar-refractivity contribution in [3.63, 3.8) is 0 Å². The number of rotatable bonds is 6. The standard InChI is InChI=1S/C16H25N3O3S/c1-4-17-16(19-10-13-6-5-7-23-13)18-9-12-8-14(11(2)22-12)15(20)21-3/h8,13H,4-7,9-10H2,1-3H3,(H2,17,18,19). The molecule has 1 aliphatic rings. The first kappa shape index (κ1) is 17.7. The van der Waals surface area contributed by atoms with E-state index in [1.165, 1.54) is 25.7 Å². The predicted molar refractivity (Wildman–Crippen MR) is 93.1 cm³/mol. The summed E-state index contributed by atoms with van der Waals surface area (Å²) in [5.74, 6) is 2.85. The molecule has 0 spiro atoms. The van der Waals surface area contributed by atoms with E-state index in [9.17, 15) is 4.79 Å². The molecule has 23 heavy (non-hydrogen) atoms. The van der Waals surface area contributed by atoms with Crippen molar-refractivity contribution in [1.82, 2.24) is 10.6 Å². The van der Waals surface area contributed by atoms with E-state index in [-0.39, 0.29) is 5.97 Å². The monoisotopic (exact) mass is 339 g/mol. The fraction of sp³-hybridized carbons (Fsp3) is 0.625. The van der Waals surface area contributed by atoms with Gasteiger partial charge in [0, 0.05) is 18.3 Å². The van der Waals surface area contributed by atoms with Crippen molar-refractivity contribution in [1.29, 1.82) is 0 Å². The Morgan fingerprint density at radius 1 is 1.52 bits per heavy atom. The molecule has 0 saturated carbocycles. The van der Waals surface area contributed by atoms with Crippen LogP contribution >= 0.6 is 11.8 Å². The lowest BCUT2D eigenvalue weighted by Gasteiger charge is -2.14. The lowest BCUT2D eigenvalue weighted by atomic mass is 10.2. The second-order valence-corrected chi connectivity index (χ2v) is 6.79.